The van der Waals surface area contributed by atoms with Crippen LogP contribution in [0.3, 0.4) is 0 Å². The number of nitrogens with one attached hydrogen (secondary N) is 2. The van der Waals surface area contributed by atoms with Gasteiger partial charge in [-0.2, -0.15) is 0 Å². The first-order valence-electron chi connectivity index (χ1n) is 6.76. The number of hydrogen-bond acceptors (Lipinski definition) is 3. The molecule has 3 heteroatoms. The monoisotopic (exact) mass is 248 g/mol. The Morgan fingerprint density at radius 3 is 2.72 bits per heavy atom. The summed E-state index contributed by atoms with van der Waals surface area (Å²) < 4.78 is 5.50. The number of aryl methyl sites for hydroxylation is 2. The Labute approximate surface area is 110 Å². The highest BCUT2D eigenvalue weighted by atomic mass is 16.5. The van der Waals surface area contributed by atoms with Crippen molar-refractivity contribution in [3.63, 3.8) is 0 Å². The molecular formula is C15H24N2O. The first kappa shape index (κ1) is 13.4. The highest BCUT2D eigenvalue weighted by Gasteiger charge is 2.15. The second kappa shape index (κ2) is 6.21. The van der Waals surface area contributed by atoms with Gasteiger partial charge in [-0.05, 0) is 43.9 Å². The van der Waals surface area contributed by atoms with E-state index < -0.39 is 0 Å². The Morgan fingerprint density at radius 1 is 1.33 bits per heavy atom. The molecule has 0 spiro atoms. The van der Waals surface area contributed by atoms with E-state index in [0.29, 0.717) is 0 Å². The van der Waals surface area contributed by atoms with Crippen molar-refractivity contribution in [2.45, 2.75) is 20.3 Å². The van der Waals surface area contributed by atoms with E-state index in [1.165, 1.54) is 29.8 Å². The van der Waals surface area contributed by atoms with E-state index >= 15 is 0 Å². The zero-order valence-electron chi connectivity index (χ0n) is 11.7. The van der Waals surface area contributed by atoms with Crippen molar-refractivity contribution in [2.24, 2.45) is 5.92 Å². The predicted octanol–water partition coefficient (Wildman–Crippen LogP) is 1.66. The van der Waals surface area contributed by atoms with Crippen LogP contribution in [0.15, 0.2) is 12.1 Å². The second-order valence-electron chi connectivity index (χ2n) is 5.25. The maximum Gasteiger partial charge on any atom is 0.125 e. The molecule has 0 saturated carbocycles. The van der Waals surface area contributed by atoms with Crippen molar-refractivity contribution in [1.29, 1.82) is 0 Å². The van der Waals surface area contributed by atoms with Gasteiger partial charge in [0.25, 0.3) is 0 Å². The minimum absolute atomic E-state index is 0.825. The molecular weight excluding hydrogens is 224 g/mol. The molecule has 0 atom stereocenters. The molecule has 1 fully saturated rings. The third kappa shape index (κ3) is 3.24. The summed E-state index contributed by atoms with van der Waals surface area (Å²) in [5.74, 6) is 1.87. The number of benzene rings is 1. The quantitative estimate of drug-likeness (QED) is 0.751. The van der Waals surface area contributed by atoms with E-state index in [2.05, 4.69) is 36.6 Å². The van der Waals surface area contributed by atoms with Crippen LogP contribution in [-0.4, -0.2) is 33.3 Å². The second-order valence-corrected chi connectivity index (χ2v) is 5.25. The Hall–Kier alpha value is -1.06. The van der Waals surface area contributed by atoms with Crippen LogP contribution >= 0.6 is 0 Å². The molecule has 0 unspecified atom stereocenters. The lowest BCUT2D eigenvalue weighted by atomic mass is 10.0. The number of rotatable bonds is 6. The van der Waals surface area contributed by atoms with Crippen LogP contribution in [0.25, 0.3) is 0 Å². The van der Waals surface area contributed by atoms with Gasteiger partial charge in [0.2, 0.25) is 0 Å². The number of methoxy groups -OCH3 is 1. The lowest BCUT2D eigenvalue weighted by molar-refractivity contribution is 0.332. The molecule has 1 aliphatic heterocycles. The van der Waals surface area contributed by atoms with E-state index in [0.717, 1.165) is 31.2 Å². The van der Waals surface area contributed by atoms with Crippen LogP contribution in [0.4, 0.5) is 0 Å². The van der Waals surface area contributed by atoms with Gasteiger partial charge in [-0.3, -0.25) is 0 Å². The zero-order valence-corrected chi connectivity index (χ0v) is 11.7. The lowest BCUT2D eigenvalue weighted by Crippen LogP contribution is -2.47. The predicted molar refractivity (Wildman–Crippen MR) is 75.4 cm³/mol. The fourth-order valence-electron chi connectivity index (χ4n) is 2.54. The van der Waals surface area contributed by atoms with Crippen LogP contribution in [-0.2, 0) is 6.42 Å². The average Bonchev–Trinajstić information content (AvgIpc) is 2.25. The molecule has 1 aromatic rings. The molecule has 3 nitrogen and oxygen atoms in total. The van der Waals surface area contributed by atoms with Crippen LogP contribution in [0, 0.1) is 19.8 Å². The van der Waals surface area contributed by atoms with Gasteiger partial charge in [-0.1, -0.05) is 17.7 Å². The van der Waals surface area contributed by atoms with Gasteiger partial charge in [0.05, 0.1) is 7.11 Å². The summed E-state index contributed by atoms with van der Waals surface area (Å²) in [6, 6.07) is 4.41. The van der Waals surface area contributed by atoms with Crippen LogP contribution in [0.5, 0.6) is 5.75 Å². The minimum atomic E-state index is 0.825. The molecule has 1 saturated heterocycles. The van der Waals surface area contributed by atoms with Gasteiger partial charge < -0.3 is 15.4 Å². The summed E-state index contributed by atoms with van der Waals surface area (Å²) in [4.78, 5) is 0. The maximum atomic E-state index is 5.50. The summed E-state index contributed by atoms with van der Waals surface area (Å²) in [7, 11) is 1.76. The van der Waals surface area contributed by atoms with Gasteiger partial charge >= 0.3 is 0 Å². The van der Waals surface area contributed by atoms with Gasteiger partial charge in [-0.15, -0.1) is 0 Å². The van der Waals surface area contributed by atoms with Crippen molar-refractivity contribution in [1.82, 2.24) is 10.6 Å². The molecule has 0 amide bonds. The van der Waals surface area contributed by atoms with Crippen LogP contribution in [0.1, 0.15) is 16.7 Å². The summed E-state index contributed by atoms with van der Waals surface area (Å²) in [6.45, 7) is 8.74. The Bertz CT molecular complexity index is 400. The molecule has 0 radical (unpaired) electrons. The Morgan fingerprint density at radius 2 is 2.11 bits per heavy atom. The van der Waals surface area contributed by atoms with Crippen molar-refractivity contribution >= 4 is 0 Å². The van der Waals surface area contributed by atoms with E-state index in [-0.39, 0.29) is 0 Å². The number of ether oxygens (including phenoxy) is 1. The van der Waals surface area contributed by atoms with Crippen LogP contribution < -0.4 is 15.4 Å². The Balaban J connectivity index is 1.87. The average molecular weight is 248 g/mol. The maximum absolute atomic E-state index is 5.50. The highest BCUT2D eigenvalue weighted by molar-refractivity contribution is 5.43. The molecule has 1 heterocycles. The third-order valence-corrected chi connectivity index (χ3v) is 3.57. The molecule has 0 bridgehead atoms. The van der Waals surface area contributed by atoms with Gasteiger partial charge in [0.15, 0.2) is 0 Å². The zero-order chi connectivity index (χ0) is 13.0. The topological polar surface area (TPSA) is 33.3 Å². The van der Waals surface area contributed by atoms with Crippen molar-refractivity contribution in [2.75, 3.05) is 33.3 Å². The molecule has 1 aliphatic rings. The fourth-order valence-corrected chi connectivity index (χ4v) is 2.54. The summed E-state index contributed by atoms with van der Waals surface area (Å²) in [5.41, 5.74) is 3.86. The smallest absolute Gasteiger partial charge is 0.125 e. The SMILES string of the molecule is COc1c(C)cc(C)cc1CCNCC1CNC1. The summed E-state index contributed by atoms with van der Waals surface area (Å²) in [5, 5.41) is 6.82. The highest BCUT2D eigenvalue weighted by Crippen LogP contribution is 2.25. The molecule has 0 aromatic heterocycles. The van der Waals surface area contributed by atoms with Crippen molar-refractivity contribution < 1.29 is 4.74 Å². The molecule has 1 aromatic carbocycles. The Kier molecular flexibility index (Phi) is 4.61. The molecule has 100 valence electrons. The van der Waals surface area contributed by atoms with Gasteiger partial charge in [0, 0.05) is 19.6 Å². The molecule has 18 heavy (non-hydrogen) atoms. The normalized spacial score (nSPS) is 15.5. The first-order valence-corrected chi connectivity index (χ1v) is 6.76. The van der Waals surface area contributed by atoms with Crippen LogP contribution in [0.2, 0.25) is 0 Å². The first-order chi connectivity index (χ1) is 8.70. The lowest BCUT2D eigenvalue weighted by Gasteiger charge is -2.27. The molecule has 0 aliphatic carbocycles. The third-order valence-electron chi connectivity index (χ3n) is 3.57. The number of hydrogen-bond donors (Lipinski definition) is 2. The van der Waals surface area contributed by atoms with Gasteiger partial charge in [0.1, 0.15) is 5.75 Å². The molecule has 2 rings (SSSR count). The summed E-state index contributed by atoms with van der Waals surface area (Å²) >= 11 is 0. The largest absolute Gasteiger partial charge is 0.496 e. The standard InChI is InChI=1S/C15H24N2O/c1-11-6-12(2)15(18-3)14(7-11)4-5-16-8-13-9-17-10-13/h6-7,13,16-17H,4-5,8-10H2,1-3H3. The van der Waals surface area contributed by atoms with Crippen molar-refractivity contribution in [3.05, 3.63) is 28.8 Å². The summed E-state index contributed by atoms with van der Waals surface area (Å²) in [6.07, 6.45) is 1.03. The van der Waals surface area contributed by atoms with Crippen molar-refractivity contribution in [3.8, 4) is 5.75 Å². The van der Waals surface area contributed by atoms with E-state index in [1.54, 1.807) is 7.11 Å². The van der Waals surface area contributed by atoms with E-state index in [9.17, 15) is 0 Å². The minimum Gasteiger partial charge on any atom is -0.496 e. The molecule has 2 N–H and O–H groups in total. The fraction of sp³-hybridized carbons (Fsp3) is 0.600. The van der Waals surface area contributed by atoms with E-state index in [1.807, 2.05) is 0 Å². The van der Waals surface area contributed by atoms with E-state index in [4.69, 9.17) is 4.74 Å². The van der Waals surface area contributed by atoms with Gasteiger partial charge in [-0.25, -0.2) is 0 Å².